The Morgan fingerprint density at radius 1 is 0.375 bits per heavy atom. The maximum atomic E-state index is 15.9. The lowest BCUT2D eigenvalue weighted by Crippen LogP contribution is -2.37. The zero-order chi connectivity index (χ0) is 87.1. The van der Waals surface area contributed by atoms with Crippen molar-refractivity contribution in [2.24, 2.45) is 17.8 Å². The van der Waals surface area contributed by atoms with Gasteiger partial charge in [-0.25, -0.2) is 86.9 Å². The van der Waals surface area contributed by atoms with E-state index >= 15 is 22.0 Å². The maximum Gasteiger partial charge on any atom is 0.355 e. The number of hydrogen-bond donors (Lipinski definition) is 3. The van der Waals surface area contributed by atoms with Gasteiger partial charge in [-0.3, -0.25) is 15.0 Å². The van der Waals surface area contributed by atoms with Crippen LogP contribution in [-0.4, -0.2) is 97.8 Å². The molecule has 3 aliphatic rings. The van der Waals surface area contributed by atoms with Gasteiger partial charge in [0.25, 0.3) is 0 Å². The summed E-state index contributed by atoms with van der Waals surface area (Å²) in [5.74, 6) is -12.4. The molecule has 3 aliphatic heterocycles. The second-order valence-electron chi connectivity index (χ2n) is 31.5. The quantitative estimate of drug-likeness (QED) is 0.0444. The van der Waals surface area contributed by atoms with Crippen molar-refractivity contribution in [3.8, 4) is 50.8 Å². The highest BCUT2D eigenvalue weighted by Crippen LogP contribution is 2.47. The van der Waals surface area contributed by atoms with Gasteiger partial charge >= 0.3 is 17.1 Å². The molecule has 0 aliphatic carbocycles. The fourth-order valence-electron chi connectivity index (χ4n) is 15.8. The molecule has 6 N–H and O–H groups in total. The average molecular weight is 1760 g/mol. The molecule has 3 saturated heterocycles. The fourth-order valence-corrected chi connectivity index (χ4v) is 17.0. The number of piperidine rings is 3. The monoisotopic (exact) mass is 1750 g/mol. The lowest BCUT2D eigenvalue weighted by atomic mass is 10.00. The number of halogens is 15. The smallest absolute Gasteiger partial charge is 0.355 e. The second kappa shape index (κ2) is 34.6. The largest absolute Gasteiger partial charge is 0.397 e. The molecule has 0 amide bonds. The van der Waals surface area contributed by atoms with Crippen molar-refractivity contribution in [3.05, 3.63) is 203 Å². The van der Waals surface area contributed by atoms with Crippen molar-refractivity contribution in [1.82, 2.24) is 58.6 Å². The van der Waals surface area contributed by atoms with Crippen molar-refractivity contribution in [2.45, 2.75) is 139 Å². The normalized spacial score (nSPS) is 15.8. The number of aromatic nitrogens is 12. The number of pyridine rings is 6. The highest BCUT2D eigenvalue weighted by Gasteiger charge is 2.36. The van der Waals surface area contributed by atoms with Crippen LogP contribution in [0.3, 0.4) is 0 Å². The van der Waals surface area contributed by atoms with Gasteiger partial charge in [0.1, 0.15) is 55.4 Å². The van der Waals surface area contributed by atoms with Gasteiger partial charge in [-0.2, -0.15) is 15.0 Å². The SMILES string of the molecule is Cc1ccnc(C(C)C)c1-n1c(=O)nc(N2CCC[C@H](C)C2)c2cc(F)c(-c3c(Cl)c(N)c(F)c(F)c3Cl)nc21.Cc1ccnc(C(C)C)c1-n1c(=O)nc(N2CCC[C@H](C)C2)c2cc(F)c(-c3c(N)c(Cl)c(F)c(Cl)c3F)nc21.Cc1ccnc(C(C)C)c1-n1c(=O)nc(N2CCC[C@H](C)C2)c2cc(F)c(-c3c(N)c(Cl)c(F)c(F)c3F)nc21. The Hall–Kier alpha value is -10.5. The summed E-state index contributed by atoms with van der Waals surface area (Å²) in [4.78, 5) is 87.1. The topological polar surface area (TPSA) is 270 Å². The molecule has 15 rings (SSSR count). The van der Waals surface area contributed by atoms with E-state index in [4.69, 9.17) is 75.2 Å². The van der Waals surface area contributed by atoms with Gasteiger partial charge in [-0.1, -0.05) is 120 Å². The Balaban J connectivity index is 0.000000156. The van der Waals surface area contributed by atoms with Crippen LogP contribution in [0, 0.1) is 96.7 Å². The molecule has 9 aromatic heterocycles. The Morgan fingerprint density at radius 2 is 0.683 bits per heavy atom. The van der Waals surface area contributed by atoms with Crippen molar-refractivity contribution in [1.29, 1.82) is 0 Å². The van der Waals surface area contributed by atoms with Crippen molar-refractivity contribution < 1.29 is 43.9 Å². The molecule has 12 aromatic rings. The van der Waals surface area contributed by atoms with Gasteiger partial charge < -0.3 is 31.9 Å². The molecular formula is C84H81Cl5F10N18O3. The van der Waals surface area contributed by atoms with Crippen LogP contribution < -0.4 is 49.0 Å². The van der Waals surface area contributed by atoms with E-state index in [0.717, 1.165) is 50.7 Å². The van der Waals surface area contributed by atoms with E-state index in [0.29, 0.717) is 108 Å². The van der Waals surface area contributed by atoms with Crippen LogP contribution in [-0.2, 0) is 0 Å². The molecule has 0 saturated carbocycles. The fraction of sp³-hybridized carbons (Fsp3) is 0.357. The predicted octanol–water partition coefficient (Wildman–Crippen LogP) is 19.9. The Kier molecular flexibility index (Phi) is 25.2. The summed E-state index contributed by atoms with van der Waals surface area (Å²) in [6, 6.07) is 8.55. The summed E-state index contributed by atoms with van der Waals surface area (Å²) in [5.41, 5.74) is 14.8. The number of rotatable bonds is 12. The van der Waals surface area contributed by atoms with Gasteiger partial charge in [-0.05, 0) is 148 Å². The third kappa shape index (κ3) is 15.8. The third-order valence-corrected chi connectivity index (χ3v) is 23.5. The van der Waals surface area contributed by atoms with Crippen LogP contribution in [0.15, 0.2) is 69.4 Å². The molecule has 3 aromatic carbocycles. The first-order valence-electron chi connectivity index (χ1n) is 38.6. The molecule has 0 unspecified atom stereocenters. The summed E-state index contributed by atoms with van der Waals surface area (Å²) < 4.78 is 153. The molecule has 0 radical (unpaired) electrons. The minimum atomic E-state index is -1.92. The standard InChI is InChI=1S/2C28H27Cl2F3N6O.C28H27ClF4N6O/c1-12(2)23-25(14(4)7-8-35-23)39-27-15(26(37-28(39)40)38-9-5-6-13(3)11-38)10-16(31)24(36-27)17-20(32)18(29)21(33)19(30)22(17)34;1-12(2)23-25(14(4)7-8-35-23)39-27-15(26(37-28(39)40)38-9-5-6-13(3)11-38)10-16(31)24(36-27)17-18(29)20(32)21(33)22(34)19(17)30;1-12(2)23-25(14(4)7-8-35-23)39-27-15(26(37-28(39)40)38-9-5-6-13(3)11-38)10-16(30)24(36-27)17-19(31)21(33)20(32)18(29)22(17)34/h3*7-8,10,12-13H,5-6,9,11,34H2,1-4H3/t3*13-/m000/s1. The number of nitrogen functional groups attached to an aromatic ring is 3. The summed E-state index contributed by atoms with van der Waals surface area (Å²) in [5, 5.41) is -3.11. The molecule has 21 nitrogen and oxygen atoms in total. The van der Waals surface area contributed by atoms with Crippen LogP contribution in [0.2, 0.25) is 25.1 Å². The highest BCUT2D eigenvalue weighted by molar-refractivity contribution is 6.41. The van der Waals surface area contributed by atoms with Crippen LogP contribution in [0.1, 0.15) is 152 Å². The number of aryl methyl sites for hydroxylation is 3. The summed E-state index contributed by atoms with van der Waals surface area (Å²) >= 11 is 30.0. The summed E-state index contributed by atoms with van der Waals surface area (Å²) in [7, 11) is 0. The van der Waals surface area contributed by atoms with Crippen molar-refractivity contribution >= 4 is 126 Å². The minimum Gasteiger partial charge on any atom is -0.397 e. The Bertz CT molecular complexity index is 5690. The van der Waals surface area contributed by atoms with E-state index < -0.39 is 151 Å². The lowest BCUT2D eigenvalue weighted by molar-refractivity contribution is 0.445. The number of benzene rings is 3. The number of anilines is 6. The number of nitrogens with zero attached hydrogens (tertiary/aromatic N) is 15. The van der Waals surface area contributed by atoms with E-state index in [9.17, 15) is 36.3 Å². The van der Waals surface area contributed by atoms with Crippen molar-refractivity contribution in [2.75, 3.05) is 71.2 Å². The third-order valence-electron chi connectivity index (χ3n) is 21.7. The van der Waals surface area contributed by atoms with Gasteiger partial charge in [0.15, 0.2) is 69.3 Å². The van der Waals surface area contributed by atoms with E-state index in [2.05, 4.69) is 65.6 Å². The Morgan fingerprint density at radius 3 is 1.01 bits per heavy atom. The second-order valence-corrected chi connectivity index (χ2v) is 33.4. The molecular weight excluding hydrogens is 1680 g/mol. The van der Waals surface area contributed by atoms with Gasteiger partial charge in [-0.15, -0.1) is 0 Å². The summed E-state index contributed by atoms with van der Waals surface area (Å²) in [6.07, 6.45) is 10.5. The van der Waals surface area contributed by atoms with Crippen LogP contribution in [0.4, 0.5) is 78.4 Å². The highest BCUT2D eigenvalue weighted by atomic mass is 35.5. The molecule has 630 valence electrons. The average Bonchev–Trinajstić information content (AvgIpc) is 0.739. The first-order chi connectivity index (χ1) is 56.7. The molecule has 120 heavy (non-hydrogen) atoms. The summed E-state index contributed by atoms with van der Waals surface area (Å²) in [6.45, 7) is 26.8. The zero-order valence-corrected chi connectivity index (χ0v) is 70.8. The van der Waals surface area contributed by atoms with E-state index in [1.807, 2.05) is 70.1 Å². The van der Waals surface area contributed by atoms with Crippen LogP contribution in [0.5, 0.6) is 0 Å². The first-order valence-corrected chi connectivity index (χ1v) is 40.5. The predicted molar refractivity (Wildman–Crippen MR) is 451 cm³/mol. The van der Waals surface area contributed by atoms with E-state index in [1.54, 1.807) is 43.7 Å². The number of hydrogen-bond acceptors (Lipinski definition) is 18. The number of fused-ring (bicyclic) bond motifs is 3. The van der Waals surface area contributed by atoms with Gasteiger partial charge in [0.05, 0.1) is 88.5 Å². The molecule has 3 fully saturated rings. The molecule has 0 bridgehead atoms. The molecule has 3 atom stereocenters. The van der Waals surface area contributed by atoms with Gasteiger partial charge in [0.2, 0.25) is 0 Å². The molecule has 12 heterocycles. The van der Waals surface area contributed by atoms with Gasteiger partial charge in [0, 0.05) is 63.4 Å². The van der Waals surface area contributed by atoms with Crippen LogP contribution >= 0.6 is 58.0 Å². The van der Waals surface area contributed by atoms with E-state index in [-0.39, 0.29) is 68.3 Å². The van der Waals surface area contributed by atoms with Crippen molar-refractivity contribution in [3.63, 3.8) is 0 Å². The zero-order valence-electron chi connectivity index (χ0n) is 67.0. The maximum absolute atomic E-state index is 15.9. The minimum absolute atomic E-state index is 0.0120. The molecule has 36 heteroatoms. The van der Waals surface area contributed by atoms with E-state index in [1.165, 1.54) is 19.8 Å². The Labute approximate surface area is 706 Å². The lowest BCUT2D eigenvalue weighted by Gasteiger charge is -2.32. The first kappa shape index (κ1) is 87.4. The number of nitrogens with two attached hydrogens (primary N) is 3. The van der Waals surface area contributed by atoms with Crippen LogP contribution in [0.25, 0.3) is 83.9 Å². The molecule has 0 spiro atoms.